The number of carboxylic acid groups (broad SMARTS) is 2. The van der Waals surface area contributed by atoms with E-state index in [9.17, 15) is 14.7 Å². The van der Waals surface area contributed by atoms with Gasteiger partial charge in [0.2, 0.25) is 0 Å². The summed E-state index contributed by atoms with van der Waals surface area (Å²) < 4.78 is 5.20. The zero-order chi connectivity index (χ0) is 25.2. The monoisotopic (exact) mass is 466 g/mol. The number of hydrogen-bond donors (Lipinski definition) is 6. The Morgan fingerprint density at radius 3 is 2.36 bits per heavy atom. The van der Waals surface area contributed by atoms with Crippen LogP contribution in [0.15, 0.2) is 18.2 Å². The molecule has 0 bridgehead atoms. The van der Waals surface area contributed by atoms with Crippen molar-refractivity contribution in [3.63, 3.8) is 0 Å². The van der Waals surface area contributed by atoms with Gasteiger partial charge in [0.05, 0.1) is 24.2 Å². The molecule has 1 aromatic carbocycles. The summed E-state index contributed by atoms with van der Waals surface area (Å²) in [6, 6.07) is 4.61. The molecule has 0 aliphatic heterocycles. The third-order valence-corrected chi connectivity index (χ3v) is 5.03. The van der Waals surface area contributed by atoms with E-state index in [0.29, 0.717) is 44.6 Å². The van der Waals surface area contributed by atoms with Crippen LogP contribution in [0.2, 0.25) is 0 Å². The molecule has 1 aromatic heterocycles. The number of rotatable bonds is 10. The second-order valence-electron chi connectivity index (χ2n) is 8.73. The van der Waals surface area contributed by atoms with Crippen molar-refractivity contribution >= 4 is 23.1 Å². The third kappa shape index (κ3) is 9.24. The summed E-state index contributed by atoms with van der Waals surface area (Å²) in [7, 11) is 1.62. The summed E-state index contributed by atoms with van der Waals surface area (Å²) in [5.41, 5.74) is 17.8. The minimum absolute atomic E-state index is 0.265. The summed E-state index contributed by atoms with van der Waals surface area (Å²) in [6.07, 6.45) is 1.55. The highest BCUT2D eigenvalue weighted by Crippen LogP contribution is 2.22. The van der Waals surface area contributed by atoms with E-state index in [1.807, 2.05) is 39.0 Å². The van der Waals surface area contributed by atoms with Crippen molar-refractivity contribution in [1.29, 1.82) is 0 Å². The highest BCUT2D eigenvalue weighted by Gasteiger charge is 2.25. The highest BCUT2D eigenvalue weighted by molar-refractivity contribution is 5.77. The molecular formula is C22H38N6O5. The molecule has 186 valence electrons. The summed E-state index contributed by atoms with van der Waals surface area (Å²) in [5.74, 6) is 0.507. The molecule has 33 heavy (non-hydrogen) atoms. The van der Waals surface area contributed by atoms with Crippen LogP contribution in [0, 0.1) is 0 Å². The van der Waals surface area contributed by atoms with Crippen molar-refractivity contribution in [3.8, 4) is 5.75 Å². The number of benzene rings is 1. The number of aliphatic carboxylic acids is 1. The van der Waals surface area contributed by atoms with Crippen molar-refractivity contribution in [2.75, 3.05) is 20.2 Å². The van der Waals surface area contributed by atoms with Crippen molar-refractivity contribution in [2.24, 2.45) is 17.2 Å². The van der Waals surface area contributed by atoms with Crippen LogP contribution in [0.1, 0.15) is 58.3 Å². The fourth-order valence-electron chi connectivity index (χ4n) is 3.10. The minimum atomic E-state index is -0.955. The van der Waals surface area contributed by atoms with E-state index in [4.69, 9.17) is 27.0 Å². The van der Waals surface area contributed by atoms with Gasteiger partial charge in [-0.3, -0.25) is 4.79 Å². The molecule has 0 radical (unpaired) electrons. The van der Waals surface area contributed by atoms with Crippen LogP contribution in [-0.2, 0) is 4.79 Å². The predicted molar refractivity (Wildman–Crippen MR) is 127 cm³/mol. The van der Waals surface area contributed by atoms with Crippen LogP contribution < -0.4 is 21.9 Å². The average Bonchev–Trinajstić information content (AvgIpc) is 3.17. The number of ether oxygens (including phenoxy) is 1. The molecule has 0 saturated carbocycles. The Kier molecular flexibility index (Phi) is 11.1. The molecule has 2 rings (SSSR count). The highest BCUT2D eigenvalue weighted by atomic mass is 16.5. The van der Waals surface area contributed by atoms with Gasteiger partial charge in [-0.05, 0) is 65.1 Å². The normalized spacial score (nSPS) is 13.1. The molecule has 2 unspecified atom stereocenters. The van der Waals surface area contributed by atoms with Crippen molar-refractivity contribution in [2.45, 2.75) is 64.1 Å². The van der Waals surface area contributed by atoms with Gasteiger partial charge in [0.1, 0.15) is 17.6 Å². The molecule has 9 N–H and O–H groups in total. The minimum Gasteiger partial charge on any atom is -0.497 e. The Balaban J connectivity index is 0.000000513. The van der Waals surface area contributed by atoms with E-state index in [0.717, 1.165) is 16.8 Å². The second-order valence-corrected chi connectivity index (χ2v) is 8.73. The lowest BCUT2D eigenvalue weighted by Gasteiger charge is -2.33. The van der Waals surface area contributed by atoms with Gasteiger partial charge in [0.15, 0.2) is 0 Å². The fourth-order valence-corrected chi connectivity index (χ4v) is 3.10. The Morgan fingerprint density at radius 1 is 1.18 bits per heavy atom. The Bertz CT molecular complexity index is 895. The molecule has 2 atom stereocenters. The molecule has 0 fully saturated rings. The summed E-state index contributed by atoms with van der Waals surface area (Å²) >= 11 is 0. The molecule has 0 aliphatic carbocycles. The molecule has 1 amide bonds. The number of fused-ring (bicyclic) bond motifs is 1. The molecule has 0 spiro atoms. The largest absolute Gasteiger partial charge is 0.497 e. The van der Waals surface area contributed by atoms with Gasteiger partial charge in [0, 0.05) is 18.2 Å². The van der Waals surface area contributed by atoms with E-state index < -0.39 is 23.6 Å². The number of nitrogens with two attached hydrogens (primary N) is 3. The Morgan fingerprint density at radius 2 is 1.85 bits per heavy atom. The van der Waals surface area contributed by atoms with Crippen LogP contribution in [0.5, 0.6) is 5.75 Å². The number of imidazole rings is 1. The lowest BCUT2D eigenvalue weighted by molar-refractivity contribution is -0.138. The van der Waals surface area contributed by atoms with Crippen molar-refractivity contribution < 1.29 is 24.5 Å². The average molecular weight is 467 g/mol. The Labute approximate surface area is 194 Å². The zero-order valence-corrected chi connectivity index (χ0v) is 19.9. The lowest BCUT2D eigenvalue weighted by atomic mass is 10.1. The number of nitrogens with one attached hydrogen (secondary N) is 1. The maximum atomic E-state index is 11.3. The van der Waals surface area contributed by atoms with Crippen LogP contribution in [0.25, 0.3) is 11.0 Å². The third-order valence-electron chi connectivity index (χ3n) is 5.03. The summed E-state index contributed by atoms with van der Waals surface area (Å²) in [4.78, 5) is 30.5. The first-order valence-electron chi connectivity index (χ1n) is 10.9. The molecule has 0 aliphatic rings. The number of methoxy groups -OCH3 is 1. The van der Waals surface area contributed by atoms with Crippen LogP contribution in [0.4, 0.5) is 4.79 Å². The topological polar surface area (TPSA) is 194 Å². The molecule has 0 saturated heterocycles. The number of carboxylic acids is 1. The van der Waals surface area contributed by atoms with Crippen molar-refractivity contribution in [3.05, 3.63) is 24.0 Å². The number of hydrogen-bond acceptors (Lipinski definition) is 7. The number of nitrogens with zero attached hydrogens (tertiary/aromatic N) is 2. The number of carbonyl (C=O) groups is 2. The van der Waals surface area contributed by atoms with E-state index in [1.54, 1.807) is 7.11 Å². The predicted octanol–water partition coefficient (Wildman–Crippen LogP) is 2.27. The van der Waals surface area contributed by atoms with E-state index in [1.165, 1.54) is 4.90 Å². The van der Waals surface area contributed by atoms with Crippen molar-refractivity contribution in [1.82, 2.24) is 14.9 Å². The maximum Gasteiger partial charge on any atom is 0.407 e. The Hall–Kier alpha value is -2.89. The first-order chi connectivity index (χ1) is 15.4. The van der Waals surface area contributed by atoms with E-state index in [2.05, 4.69) is 9.97 Å². The van der Waals surface area contributed by atoms with Gasteiger partial charge in [-0.1, -0.05) is 0 Å². The number of H-pyrrole nitrogens is 1. The zero-order valence-electron chi connectivity index (χ0n) is 19.9. The lowest BCUT2D eigenvalue weighted by Crippen LogP contribution is -2.45. The van der Waals surface area contributed by atoms with Crippen LogP contribution in [-0.4, -0.2) is 68.9 Å². The number of aromatic nitrogens is 2. The first-order valence-corrected chi connectivity index (χ1v) is 10.9. The van der Waals surface area contributed by atoms with Crippen LogP contribution >= 0.6 is 0 Å². The number of aromatic amines is 1. The van der Waals surface area contributed by atoms with Gasteiger partial charge in [-0.25, -0.2) is 9.78 Å². The van der Waals surface area contributed by atoms with E-state index in [-0.39, 0.29) is 6.04 Å². The second kappa shape index (κ2) is 13.0. The van der Waals surface area contributed by atoms with Gasteiger partial charge < -0.3 is 42.0 Å². The maximum absolute atomic E-state index is 11.3. The van der Waals surface area contributed by atoms with Gasteiger partial charge in [-0.15, -0.1) is 0 Å². The molecule has 11 nitrogen and oxygen atoms in total. The van der Waals surface area contributed by atoms with Gasteiger partial charge >= 0.3 is 12.1 Å². The standard InChI is InChI=1S/C17H26N4O3.C5H12N2O2/c1-17(2,3)21(16(22)23)9-5-6-12(18)15-19-13-8-7-11(24-4)10-14(13)20-15;6-3-1-2-4(7)5(8)9/h7-8,10,12H,5-6,9,18H2,1-4H3,(H,19,20)(H,22,23);4H,1-3,6-7H2,(H,8,9). The molecule has 2 aromatic rings. The SMILES string of the molecule is COc1ccc2nc(C(N)CCCN(C(=O)O)C(C)(C)C)[nH]c2c1.NCCCC(N)C(=O)O. The first kappa shape index (κ1) is 28.1. The molecular weight excluding hydrogens is 428 g/mol. The summed E-state index contributed by atoms with van der Waals surface area (Å²) in [5, 5.41) is 17.5. The smallest absolute Gasteiger partial charge is 0.407 e. The number of amides is 1. The quantitative estimate of drug-likeness (QED) is 0.304. The summed E-state index contributed by atoms with van der Waals surface area (Å²) in [6.45, 7) is 6.59. The van der Waals surface area contributed by atoms with Gasteiger partial charge in [-0.2, -0.15) is 0 Å². The van der Waals surface area contributed by atoms with E-state index >= 15 is 0 Å². The van der Waals surface area contributed by atoms with Crippen LogP contribution in [0.3, 0.4) is 0 Å². The fraction of sp³-hybridized carbons (Fsp3) is 0.591. The molecule has 1 heterocycles. The molecule has 11 heteroatoms. The van der Waals surface area contributed by atoms with Gasteiger partial charge in [0.25, 0.3) is 0 Å².